The van der Waals surface area contributed by atoms with Crippen LogP contribution in [0.2, 0.25) is 0 Å². The fraction of sp³-hybridized carbons (Fsp3) is 0.680. The number of amides is 2. The summed E-state index contributed by atoms with van der Waals surface area (Å²) in [6, 6.07) is 8.17. The van der Waals surface area contributed by atoms with Crippen molar-refractivity contribution in [1.29, 1.82) is 0 Å². The van der Waals surface area contributed by atoms with Crippen LogP contribution >= 0.6 is 0 Å². The van der Waals surface area contributed by atoms with Crippen LogP contribution in [-0.4, -0.2) is 42.4 Å². The third-order valence-electron chi connectivity index (χ3n) is 6.94. The number of nitrogens with one attached hydrogen (secondary N) is 2. The summed E-state index contributed by atoms with van der Waals surface area (Å²) < 4.78 is 0. The summed E-state index contributed by atoms with van der Waals surface area (Å²) in [5.74, 6) is -0.295. The molecule has 2 aliphatic rings. The molecule has 5 nitrogen and oxygen atoms in total. The van der Waals surface area contributed by atoms with Crippen molar-refractivity contribution in [3.63, 3.8) is 0 Å². The molecule has 1 spiro atoms. The van der Waals surface area contributed by atoms with Crippen molar-refractivity contribution in [2.75, 3.05) is 19.6 Å². The lowest BCUT2D eigenvalue weighted by Crippen LogP contribution is -2.49. The predicted octanol–water partition coefficient (Wildman–Crippen LogP) is 4.42. The van der Waals surface area contributed by atoms with Crippen LogP contribution in [-0.2, 0) is 15.0 Å². The molecular formula is C25H43N3O2. The van der Waals surface area contributed by atoms with Gasteiger partial charge in [0.05, 0.1) is 6.04 Å². The Hall–Kier alpha value is -1.88. The number of fused-ring (bicyclic) bond motifs is 2. The van der Waals surface area contributed by atoms with Crippen molar-refractivity contribution in [3.05, 3.63) is 35.4 Å². The van der Waals surface area contributed by atoms with Gasteiger partial charge < -0.3 is 15.5 Å². The SMILES string of the molecule is CC(=O)N[C@@H](C)C(=O)N[C@@H]1CCC2(CCN(CCC(C)(C)C)CC2)c2ccccc21.[HH].[HH]. The van der Waals surface area contributed by atoms with E-state index < -0.39 is 6.04 Å². The molecule has 1 aromatic rings. The van der Waals surface area contributed by atoms with E-state index in [-0.39, 0.29) is 26.1 Å². The molecule has 1 aromatic carbocycles. The summed E-state index contributed by atoms with van der Waals surface area (Å²) in [6.45, 7) is 13.6. The number of likely N-dealkylation sites (tertiary alicyclic amines) is 1. The smallest absolute Gasteiger partial charge is 0.242 e. The zero-order valence-corrected chi connectivity index (χ0v) is 19.4. The highest BCUT2D eigenvalue weighted by molar-refractivity contribution is 5.86. The van der Waals surface area contributed by atoms with E-state index in [9.17, 15) is 9.59 Å². The Morgan fingerprint density at radius 1 is 1.20 bits per heavy atom. The number of carbonyl (C=O) groups is 2. The molecule has 0 saturated carbocycles. The number of benzene rings is 1. The van der Waals surface area contributed by atoms with Crippen molar-refractivity contribution in [1.82, 2.24) is 15.5 Å². The Morgan fingerprint density at radius 2 is 1.87 bits per heavy atom. The van der Waals surface area contributed by atoms with Crippen LogP contribution in [0.5, 0.6) is 0 Å². The van der Waals surface area contributed by atoms with Crippen LogP contribution in [0.3, 0.4) is 0 Å². The molecule has 1 fully saturated rings. The van der Waals surface area contributed by atoms with E-state index >= 15 is 0 Å². The maximum atomic E-state index is 12.6. The lowest BCUT2D eigenvalue weighted by molar-refractivity contribution is -0.128. The predicted molar refractivity (Wildman–Crippen MR) is 125 cm³/mol. The molecule has 1 aliphatic carbocycles. The zero-order valence-electron chi connectivity index (χ0n) is 19.4. The van der Waals surface area contributed by atoms with Gasteiger partial charge in [-0.05, 0) is 80.6 Å². The summed E-state index contributed by atoms with van der Waals surface area (Å²) >= 11 is 0. The number of piperidine rings is 1. The molecule has 1 heterocycles. The van der Waals surface area contributed by atoms with E-state index in [0.717, 1.165) is 25.9 Å². The third-order valence-corrected chi connectivity index (χ3v) is 6.94. The second-order valence-corrected chi connectivity index (χ2v) is 10.5. The van der Waals surface area contributed by atoms with E-state index in [1.807, 2.05) is 0 Å². The first kappa shape index (κ1) is 22.8. The van der Waals surface area contributed by atoms with Gasteiger partial charge in [-0.2, -0.15) is 0 Å². The van der Waals surface area contributed by atoms with Gasteiger partial charge in [0.2, 0.25) is 11.8 Å². The minimum absolute atomic E-state index is 0. The van der Waals surface area contributed by atoms with Crippen molar-refractivity contribution < 1.29 is 12.4 Å². The van der Waals surface area contributed by atoms with Gasteiger partial charge in [0.1, 0.15) is 6.04 Å². The van der Waals surface area contributed by atoms with Gasteiger partial charge in [0, 0.05) is 9.78 Å². The third kappa shape index (κ3) is 5.42. The molecule has 0 radical (unpaired) electrons. The molecule has 2 atom stereocenters. The van der Waals surface area contributed by atoms with Gasteiger partial charge in [-0.25, -0.2) is 0 Å². The Labute approximate surface area is 185 Å². The maximum Gasteiger partial charge on any atom is 0.242 e. The molecule has 30 heavy (non-hydrogen) atoms. The summed E-state index contributed by atoms with van der Waals surface area (Å²) in [6.07, 6.45) is 5.68. The van der Waals surface area contributed by atoms with E-state index in [0.29, 0.717) is 5.41 Å². The van der Waals surface area contributed by atoms with Crippen molar-refractivity contribution in [2.45, 2.75) is 84.2 Å². The highest BCUT2D eigenvalue weighted by Gasteiger charge is 2.42. The lowest BCUT2D eigenvalue weighted by atomic mass is 9.63. The second kappa shape index (κ2) is 9.09. The van der Waals surface area contributed by atoms with Gasteiger partial charge in [-0.1, -0.05) is 45.0 Å². The minimum Gasteiger partial charge on any atom is -0.348 e. The van der Waals surface area contributed by atoms with E-state index in [1.54, 1.807) is 6.92 Å². The average molecular weight is 418 g/mol. The first-order chi connectivity index (χ1) is 14.1. The van der Waals surface area contributed by atoms with Gasteiger partial charge in [0.25, 0.3) is 0 Å². The molecular weight excluding hydrogens is 374 g/mol. The molecule has 0 bridgehead atoms. The summed E-state index contributed by atoms with van der Waals surface area (Å²) in [5, 5.41) is 5.87. The molecule has 3 rings (SSSR count). The monoisotopic (exact) mass is 417 g/mol. The zero-order chi connectivity index (χ0) is 21.9. The number of rotatable bonds is 5. The standard InChI is InChI=1S/C25H39N3O2.2H2/c1-18(26-19(2)29)23(30)27-22-10-11-25(21-9-7-6-8-20(21)22)13-16-28(17-14-25)15-12-24(3,4)5;;/h6-9,18,22H,10-17H2,1-5H3,(H,26,29)(H,27,30);2*1H/t18-,22+;;/m0../s1. The Kier molecular flexibility index (Phi) is 6.91. The fourth-order valence-electron chi connectivity index (χ4n) is 5.03. The van der Waals surface area contributed by atoms with Crippen molar-refractivity contribution in [2.24, 2.45) is 5.41 Å². The van der Waals surface area contributed by atoms with Crippen LogP contribution in [0.15, 0.2) is 24.3 Å². The highest BCUT2D eigenvalue weighted by atomic mass is 16.2. The molecule has 1 aliphatic heterocycles. The van der Waals surface area contributed by atoms with Crippen LogP contribution in [0.1, 0.15) is 86.7 Å². The van der Waals surface area contributed by atoms with E-state index in [4.69, 9.17) is 0 Å². The van der Waals surface area contributed by atoms with Gasteiger partial charge in [-0.15, -0.1) is 0 Å². The number of hydrogen-bond donors (Lipinski definition) is 2. The van der Waals surface area contributed by atoms with E-state index in [1.165, 1.54) is 43.9 Å². The summed E-state index contributed by atoms with van der Waals surface area (Å²) in [5.41, 5.74) is 3.30. The van der Waals surface area contributed by atoms with Crippen LogP contribution in [0.25, 0.3) is 0 Å². The maximum absolute atomic E-state index is 12.6. The lowest BCUT2D eigenvalue weighted by Gasteiger charge is -2.47. The molecule has 170 valence electrons. The molecule has 0 aromatic heterocycles. The van der Waals surface area contributed by atoms with Crippen LogP contribution < -0.4 is 10.6 Å². The first-order valence-corrected chi connectivity index (χ1v) is 11.5. The number of hydrogen-bond acceptors (Lipinski definition) is 3. The van der Waals surface area contributed by atoms with Crippen molar-refractivity contribution in [3.8, 4) is 0 Å². The fourth-order valence-corrected chi connectivity index (χ4v) is 5.03. The van der Waals surface area contributed by atoms with Crippen molar-refractivity contribution >= 4 is 11.8 Å². The largest absolute Gasteiger partial charge is 0.348 e. The molecule has 2 N–H and O–H groups in total. The van der Waals surface area contributed by atoms with Gasteiger partial charge in [-0.3, -0.25) is 9.59 Å². The van der Waals surface area contributed by atoms with E-state index in [2.05, 4.69) is 60.6 Å². The minimum atomic E-state index is -0.517. The normalized spacial score (nSPS) is 22.2. The topological polar surface area (TPSA) is 61.4 Å². The number of nitrogens with zero attached hydrogens (tertiary/aromatic N) is 1. The Balaban J connectivity index is 0.00000256. The van der Waals surface area contributed by atoms with Crippen LogP contribution in [0, 0.1) is 5.41 Å². The molecule has 2 amide bonds. The second-order valence-electron chi connectivity index (χ2n) is 10.5. The Morgan fingerprint density at radius 3 is 2.50 bits per heavy atom. The van der Waals surface area contributed by atoms with Crippen LogP contribution in [0.4, 0.5) is 0 Å². The summed E-state index contributed by atoms with van der Waals surface area (Å²) in [7, 11) is 0. The number of carbonyl (C=O) groups excluding carboxylic acids is 2. The van der Waals surface area contributed by atoms with Gasteiger partial charge in [0.15, 0.2) is 0 Å². The average Bonchev–Trinajstić information content (AvgIpc) is 2.69. The summed E-state index contributed by atoms with van der Waals surface area (Å²) in [4.78, 5) is 26.5. The molecule has 0 unspecified atom stereocenters. The van der Waals surface area contributed by atoms with Gasteiger partial charge >= 0.3 is 0 Å². The molecule has 1 saturated heterocycles. The molecule has 5 heteroatoms. The first-order valence-electron chi connectivity index (χ1n) is 11.5. The quantitative estimate of drug-likeness (QED) is 0.745. The Bertz CT molecular complexity index is 771. The highest BCUT2D eigenvalue weighted by Crippen LogP contribution is 2.48.